The lowest BCUT2D eigenvalue weighted by Crippen LogP contribution is -2.34. The second kappa shape index (κ2) is 15.0. The standard InChI is InChI=1S/C19H44OSi2/c1-5-6-7-8-9-10-11-12-13-14-15-16-17-18-19(2)22(3,4)20-21/h19H,5-18H2,1-4,21H3. The zero-order valence-electron chi connectivity index (χ0n) is 16.4. The van der Waals surface area contributed by atoms with E-state index in [9.17, 15) is 0 Å². The van der Waals surface area contributed by atoms with Crippen LogP contribution in [0.15, 0.2) is 0 Å². The van der Waals surface area contributed by atoms with Gasteiger partial charge in [0.05, 0.1) is 0 Å². The lowest BCUT2D eigenvalue weighted by atomic mass is 10.0. The van der Waals surface area contributed by atoms with Crippen LogP contribution in [0.2, 0.25) is 18.6 Å². The summed E-state index contributed by atoms with van der Waals surface area (Å²) in [5.41, 5.74) is 0.831. The number of hydrogen-bond acceptors (Lipinski definition) is 1. The molecule has 3 heteroatoms. The maximum Gasteiger partial charge on any atom is 0.175 e. The van der Waals surface area contributed by atoms with Gasteiger partial charge in [-0.25, -0.2) is 0 Å². The van der Waals surface area contributed by atoms with Crippen LogP contribution in [0.4, 0.5) is 0 Å². The Morgan fingerprint density at radius 2 is 1.09 bits per heavy atom. The van der Waals surface area contributed by atoms with Gasteiger partial charge in [0.2, 0.25) is 0 Å². The first-order chi connectivity index (χ1) is 10.5. The SMILES string of the molecule is CCCCCCCCCCCCCCCC(C)[Si](C)(C)O[SiH3]. The predicted octanol–water partition coefficient (Wildman–Crippen LogP) is 6.36. The van der Waals surface area contributed by atoms with Gasteiger partial charge in [0.15, 0.2) is 8.32 Å². The minimum Gasteiger partial charge on any atom is -0.463 e. The Balaban J connectivity index is 3.21. The molecule has 0 N–H and O–H groups in total. The molecule has 0 aliphatic carbocycles. The van der Waals surface area contributed by atoms with Crippen molar-refractivity contribution in [3.8, 4) is 0 Å². The molecule has 0 aromatic carbocycles. The molecular weight excluding hydrogens is 300 g/mol. The molecule has 0 fully saturated rings. The molecular formula is C19H44OSi2. The van der Waals surface area contributed by atoms with Crippen molar-refractivity contribution < 1.29 is 4.12 Å². The van der Waals surface area contributed by atoms with Gasteiger partial charge in [-0.15, -0.1) is 0 Å². The third-order valence-electron chi connectivity index (χ3n) is 5.45. The molecule has 0 radical (unpaired) electrons. The molecule has 1 nitrogen and oxygen atoms in total. The summed E-state index contributed by atoms with van der Waals surface area (Å²) in [5, 5.41) is 0. The van der Waals surface area contributed by atoms with E-state index in [1.807, 2.05) is 0 Å². The van der Waals surface area contributed by atoms with Crippen LogP contribution in [0.1, 0.15) is 104 Å². The van der Waals surface area contributed by atoms with Gasteiger partial charge >= 0.3 is 0 Å². The summed E-state index contributed by atoms with van der Waals surface area (Å²) >= 11 is 0. The first-order valence-electron chi connectivity index (χ1n) is 10.1. The Morgan fingerprint density at radius 1 is 0.727 bits per heavy atom. The lowest BCUT2D eigenvalue weighted by molar-refractivity contribution is 0.521. The molecule has 22 heavy (non-hydrogen) atoms. The average Bonchev–Trinajstić information content (AvgIpc) is 2.51. The molecule has 0 spiro atoms. The quantitative estimate of drug-likeness (QED) is 0.234. The van der Waals surface area contributed by atoms with Crippen LogP contribution in [-0.4, -0.2) is 18.8 Å². The Labute approximate surface area is 145 Å². The normalized spacial score (nSPS) is 13.6. The Kier molecular flexibility index (Phi) is 15.2. The zero-order chi connectivity index (χ0) is 16.7. The highest BCUT2D eigenvalue weighted by Gasteiger charge is 2.27. The summed E-state index contributed by atoms with van der Waals surface area (Å²) in [7, 11) is -0.403. The highest BCUT2D eigenvalue weighted by Crippen LogP contribution is 2.27. The molecule has 0 rings (SSSR count). The number of hydrogen-bond donors (Lipinski definition) is 0. The van der Waals surface area contributed by atoms with Crippen molar-refractivity contribution in [2.75, 3.05) is 0 Å². The van der Waals surface area contributed by atoms with Gasteiger partial charge in [-0.05, 0) is 18.6 Å². The van der Waals surface area contributed by atoms with E-state index >= 15 is 0 Å². The second-order valence-electron chi connectivity index (χ2n) is 7.74. The average molecular weight is 345 g/mol. The molecule has 0 aliphatic rings. The fourth-order valence-electron chi connectivity index (χ4n) is 3.02. The van der Waals surface area contributed by atoms with Gasteiger partial charge in [-0.2, -0.15) is 0 Å². The van der Waals surface area contributed by atoms with E-state index in [1.165, 1.54) is 89.9 Å². The molecule has 0 saturated heterocycles. The van der Waals surface area contributed by atoms with Gasteiger partial charge in [0, 0.05) is 0 Å². The maximum absolute atomic E-state index is 5.84. The summed E-state index contributed by atoms with van der Waals surface area (Å²) in [6.07, 6.45) is 20.2. The van der Waals surface area contributed by atoms with E-state index in [-0.39, 0.29) is 0 Å². The highest BCUT2D eigenvalue weighted by molar-refractivity contribution is 6.75. The van der Waals surface area contributed by atoms with Crippen LogP contribution >= 0.6 is 0 Å². The topological polar surface area (TPSA) is 9.23 Å². The number of unbranched alkanes of at least 4 members (excludes halogenated alkanes) is 12. The molecule has 0 bridgehead atoms. The Hall–Kier alpha value is 0.394. The second-order valence-corrected chi connectivity index (χ2v) is 13.6. The van der Waals surface area contributed by atoms with E-state index in [0.29, 0.717) is 0 Å². The highest BCUT2D eigenvalue weighted by atomic mass is 28.4. The van der Waals surface area contributed by atoms with Crippen molar-refractivity contribution in [3.63, 3.8) is 0 Å². The molecule has 0 aliphatic heterocycles. The minimum absolute atomic E-state index is 0.831. The van der Waals surface area contributed by atoms with Crippen LogP contribution < -0.4 is 0 Å². The maximum atomic E-state index is 5.84. The van der Waals surface area contributed by atoms with Gasteiger partial charge in [0.1, 0.15) is 10.5 Å². The van der Waals surface area contributed by atoms with Crippen molar-refractivity contribution in [1.82, 2.24) is 0 Å². The third kappa shape index (κ3) is 12.9. The van der Waals surface area contributed by atoms with E-state index < -0.39 is 8.32 Å². The summed E-state index contributed by atoms with van der Waals surface area (Å²) in [6.45, 7) is 9.47. The van der Waals surface area contributed by atoms with Crippen LogP contribution in [0, 0.1) is 0 Å². The van der Waals surface area contributed by atoms with E-state index in [2.05, 4.69) is 26.9 Å². The van der Waals surface area contributed by atoms with Gasteiger partial charge in [-0.3, -0.25) is 0 Å². The van der Waals surface area contributed by atoms with E-state index in [4.69, 9.17) is 4.12 Å². The van der Waals surface area contributed by atoms with Crippen molar-refractivity contribution in [2.45, 2.75) is 122 Å². The summed E-state index contributed by atoms with van der Waals surface area (Å²) in [5.74, 6) is 0. The molecule has 1 atom stereocenters. The fraction of sp³-hybridized carbons (Fsp3) is 1.00. The molecule has 134 valence electrons. The summed E-state index contributed by atoms with van der Waals surface area (Å²) in [6, 6.07) is 0. The fourth-order valence-corrected chi connectivity index (χ4v) is 5.53. The smallest absolute Gasteiger partial charge is 0.175 e. The van der Waals surface area contributed by atoms with Gasteiger partial charge in [0.25, 0.3) is 0 Å². The van der Waals surface area contributed by atoms with Crippen molar-refractivity contribution >= 4 is 18.8 Å². The summed E-state index contributed by atoms with van der Waals surface area (Å²) in [4.78, 5) is 0. The molecule has 0 aromatic rings. The van der Waals surface area contributed by atoms with Crippen molar-refractivity contribution in [1.29, 1.82) is 0 Å². The van der Waals surface area contributed by atoms with Crippen LogP contribution in [0.25, 0.3) is 0 Å². The van der Waals surface area contributed by atoms with Gasteiger partial charge < -0.3 is 4.12 Å². The predicted molar refractivity (Wildman–Crippen MR) is 108 cm³/mol. The Bertz CT molecular complexity index is 231. The zero-order valence-corrected chi connectivity index (χ0v) is 19.4. The van der Waals surface area contributed by atoms with E-state index in [0.717, 1.165) is 16.0 Å². The first-order valence-corrected chi connectivity index (χ1v) is 13.9. The molecule has 0 heterocycles. The van der Waals surface area contributed by atoms with Crippen molar-refractivity contribution in [3.05, 3.63) is 0 Å². The molecule has 0 amide bonds. The molecule has 1 unspecified atom stereocenters. The monoisotopic (exact) mass is 344 g/mol. The van der Waals surface area contributed by atoms with Crippen LogP contribution in [-0.2, 0) is 4.12 Å². The van der Waals surface area contributed by atoms with Gasteiger partial charge in [-0.1, -0.05) is 104 Å². The summed E-state index contributed by atoms with van der Waals surface area (Å²) < 4.78 is 5.84. The van der Waals surface area contributed by atoms with Crippen LogP contribution in [0.3, 0.4) is 0 Å². The lowest BCUT2D eigenvalue weighted by Gasteiger charge is -2.28. The minimum atomic E-state index is -1.32. The third-order valence-corrected chi connectivity index (χ3v) is 12.3. The number of rotatable bonds is 16. The van der Waals surface area contributed by atoms with Crippen LogP contribution in [0.5, 0.6) is 0 Å². The molecule has 0 saturated carbocycles. The molecule has 0 aromatic heterocycles. The largest absolute Gasteiger partial charge is 0.463 e. The first kappa shape index (κ1) is 22.4. The van der Waals surface area contributed by atoms with Crippen molar-refractivity contribution in [2.24, 2.45) is 0 Å². The van der Waals surface area contributed by atoms with E-state index in [1.54, 1.807) is 0 Å². The Morgan fingerprint density at radius 3 is 1.45 bits per heavy atom.